The first-order valence-corrected chi connectivity index (χ1v) is 8.87. The Balaban J connectivity index is 1.77. The van der Waals surface area contributed by atoms with Gasteiger partial charge in [0.15, 0.2) is 0 Å². The van der Waals surface area contributed by atoms with Gasteiger partial charge in [-0.05, 0) is 43.0 Å². The van der Waals surface area contributed by atoms with Gasteiger partial charge in [-0.1, -0.05) is 19.3 Å². The molecule has 21 heavy (non-hydrogen) atoms. The molecule has 3 N–H and O–H groups in total. The molecule has 1 aromatic rings. The maximum atomic E-state index is 6.21. The molecule has 3 rings (SSSR count). The minimum atomic E-state index is 0.112. The number of thiophene rings is 1. The van der Waals surface area contributed by atoms with E-state index >= 15 is 0 Å². The zero-order valence-corrected chi connectivity index (χ0v) is 13.6. The van der Waals surface area contributed by atoms with Crippen LogP contribution in [0.25, 0.3) is 0 Å². The number of methoxy groups -OCH3 is 1. The molecule has 1 aromatic heterocycles. The molecule has 1 spiro atoms. The fourth-order valence-electron chi connectivity index (χ4n) is 4.03. The highest BCUT2D eigenvalue weighted by Crippen LogP contribution is 2.46. The summed E-state index contributed by atoms with van der Waals surface area (Å²) in [6.45, 7) is 0.858. The lowest BCUT2D eigenvalue weighted by molar-refractivity contribution is -0.122. The summed E-state index contributed by atoms with van der Waals surface area (Å²) in [5.41, 5.74) is 3.16. The van der Waals surface area contributed by atoms with E-state index < -0.39 is 0 Å². The van der Waals surface area contributed by atoms with Crippen LogP contribution in [0, 0.1) is 5.92 Å². The number of nitrogens with one attached hydrogen (secondary N) is 1. The Hall–Kier alpha value is -0.620. The SMILES string of the molecule is COc1ccsc1C(NN)C1CCOC2(CCCCC2)C1. The van der Waals surface area contributed by atoms with Crippen LogP contribution >= 0.6 is 11.3 Å². The maximum Gasteiger partial charge on any atom is 0.134 e. The molecule has 2 aliphatic rings. The lowest BCUT2D eigenvalue weighted by atomic mass is 9.74. The third-order valence-corrected chi connectivity index (χ3v) is 6.09. The van der Waals surface area contributed by atoms with Crippen molar-refractivity contribution in [2.45, 2.75) is 56.6 Å². The topological polar surface area (TPSA) is 56.5 Å². The molecule has 1 aliphatic heterocycles. The van der Waals surface area contributed by atoms with Crippen molar-refractivity contribution < 1.29 is 9.47 Å². The summed E-state index contributed by atoms with van der Waals surface area (Å²) in [6, 6.07) is 2.20. The number of ether oxygens (including phenoxy) is 2. The van der Waals surface area contributed by atoms with Crippen LogP contribution in [0.15, 0.2) is 11.4 Å². The first kappa shape index (κ1) is 15.3. The molecule has 5 heteroatoms. The van der Waals surface area contributed by atoms with Gasteiger partial charge in [0.25, 0.3) is 0 Å². The largest absolute Gasteiger partial charge is 0.496 e. The van der Waals surface area contributed by atoms with E-state index in [1.807, 2.05) is 6.07 Å². The third kappa shape index (κ3) is 3.11. The van der Waals surface area contributed by atoms with Gasteiger partial charge in [-0.3, -0.25) is 11.3 Å². The Labute approximate surface area is 131 Å². The summed E-state index contributed by atoms with van der Waals surface area (Å²) in [6.07, 6.45) is 8.56. The summed E-state index contributed by atoms with van der Waals surface area (Å²) >= 11 is 1.73. The number of nitrogens with two attached hydrogens (primary N) is 1. The molecule has 2 fully saturated rings. The summed E-state index contributed by atoms with van der Waals surface area (Å²) in [7, 11) is 1.73. The van der Waals surface area contributed by atoms with Crippen LogP contribution in [0.1, 0.15) is 55.9 Å². The Morgan fingerprint density at radius 1 is 1.43 bits per heavy atom. The van der Waals surface area contributed by atoms with Crippen molar-refractivity contribution in [3.8, 4) is 5.75 Å². The summed E-state index contributed by atoms with van der Waals surface area (Å²) in [4.78, 5) is 1.22. The average Bonchev–Trinajstić information content (AvgIpc) is 2.97. The van der Waals surface area contributed by atoms with Crippen LogP contribution in [0.4, 0.5) is 0 Å². The molecule has 1 saturated carbocycles. The molecule has 0 amide bonds. The van der Waals surface area contributed by atoms with Gasteiger partial charge < -0.3 is 9.47 Å². The fourth-order valence-corrected chi connectivity index (χ4v) is 5.04. The molecule has 4 nitrogen and oxygen atoms in total. The molecular weight excluding hydrogens is 284 g/mol. The Bertz CT molecular complexity index is 451. The van der Waals surface area contributed by atoms with Crippen molar-refractivity contribution in [2.75, 3.05) is 13.7 Å². The molecule has 1 aliphatic carbocycles. The minimum absolute atomic E-state index is 0.112. The van der Waals surface area contributed by atoms with E-state index in [1.54, 1.807) is 18.4 Å². The van der Waals surface area contributed by atoms with Crippen LogP contribution in [0.2, 0.25) is 0 Å². The fraction of sp³-hybridized carbons (Fsp3) is 0.750. The molecule has 0 radical (unpaired) electrons. The predicted molar refractivity (Wildman–Crippen MR) is 85.4 cm³/mol. The van der Waals surface area contributed by atoms with Crippen LogP contribution in [-0.4, -0.2) is 19.3 Å². The van der Waals surface area contributed by atoms with Gasteiger partial charge in [0.05, 0.1) is 23.6 Å². The quantitative estimate of drug-likeness (QED) is 0.661. The standard InChI is InChI=1S/C16H26N2O2S/c1-19-13-6-10-21-15(13)14(18-17)12-5-9-20-16(11-12)7-3-2-4-8-16/h6,10,12,14,18H,2-5,7-9,11,17H2,1H3. The van der Waals surface area contributed by atoms with Crippen molar-refractivity contribution in [1.29, 1.82) is 0 Å². The summed E-state index contributed by atoms with van der Waals surface area (Å²) in [5, 5.41) is 2.08. The van der Waals surface area contributed by atoms with Gasteiger partial charge in [0.1, 0.15) is 5.75 Å². The first-order valence-electron chi connectivity index (χ1n) is 7.99. The highest BCUT2D eigenvalue weighted by Gasteiger charge is 2.41. The van der Waals surface area contributed by atoms with E-state index in [4.69, 9.17) is 15.3 Å². The lowest BCUT2D eigenvalue weighted by Crippen LogP contribution is -2.45. The summed E-state index contributed by atoms with van der Waals surface area (Å²) < 4.78 is 11.7. The van der Waals surface area contributed by atoms with Crippen LogP contribution in [0.5, 0.6) is 5.75 Å². The molecule has 1 saturated heterocycles. The maximum absolute atomic E-state index is 6.21. The van der Waals surface area contributed by atoms with Crippen molar-refractivity contribution in [2.24, 2.45) is 11.8 Å². The molecule has 0 bridgehead atoms. The van der Waals surface area contributed by atoms with Crippen LogP contribution in [-0.2, 0) is 4.74 Å². The third-order valence-electron chi connectivity index (χ3n) is 5.11. The van der Waals surface area contributed by atoms with Crippen molar-refractivity contribution in [1.82, 2.24) is 5.43 Å². The van der Waals surface area contributed by atoms with Gasteiger partial charge >= 0.3 is 0 Å². The van der Waals surface area contributed by atoms with Crippen molar-refractivity contribution >= 4 is 11.3 Å². The van der Waals surface area contributed by atoms with Crippen LogP contribution in [0.3, 0.4) is 0 Å². The zero-order chi connectivity index (χ0) is 14.7. The van der Waals surface area contributed by atoms with Gasteiger partial charge in [-0.2, -0.15) is 0 Å². The monoisotopic (exact) mass is 310 g/mol. The smallest absolute Gasteiger partial charge is 0.134 e. The second-order valence-electron chi connectivity index (χ2n) is 6.34. The van der Waals surface area contributed by atoms with Gasteiger partial charge in [0.2, 0.25) is 0 Å². The Kier molecular flexibility index (Phi) is 4.84. The number of hydrogen-bond acceptors (Lipinski definition) is 5. The van der Waals surface area contributed by atoms with E-state index in [-0.39, 0.29) is 11.6 Å². The molecule has 2 unspecified atom stereocenters. The zero-order valence-electron chi connectivity index (χ0n) is 12.8. The normalized spacial score (nSPS) is 26.7. The lowest BCUT2D eigenvalue weighted by Gasteiger charge is -2.45. The van der Waals surface area contributed by atoms with Crippen molar-refractivity contribution in [3.05, 3.63) is 16.3 Å². The van der Waals surface area contributed by atoms with Gasteiger partial charge in [-0.25, -0.2) is 0 Å². The molecule has 118 valence electrons. The highest BCUT2D eigenvalue weighted by atomic mass is 32.1. The number of rotatable bonds is 4. The average molecular weight is 310 g/mol. The molecule has 2 atom stereocenters. The van der Waals surface area contributed by atoms with Crippen LogP contribution < -0.4 is 16.0 Å². The summed E-state index contributed by atoms with van der Waals surface area (Å²) in [5.74, 6) is 7.37. The van der Waals surface area contributed by atoms with E-state index in [0.717, 1.165) is 25.2 Å². The minimum Gasteiger partial charge on any atom is -0.496 e. The second-order valence-corrected chi connectivity index (χ2v) is 7.29. The first-order chi connectivity index (χ1) is 10.3. The molecule has 2 heterocycles. The molecular formula is C16H26N2O2S. The highest BCUT2D eigenvalue weighted by molar-refractivity contribution is 7.10. The number of hydrazine groups is 1. The van der Waals surface area contributed by atoms with E-state index in [1.165, 1.54) is 37.0 Å². The Morgan fingerprint density at radius 3 is 2.95 bits per heavy atom. The second kappa shape index (κ2) is 6.65. The van der Waals surface area contributed by atoms with Gasteiger partial charge in [0, 0.05) is 6.61 Å². The van der Waals surface area contributed by atoms with Crippen molar-refractivity contribution in [3.63, 3.8) is 0 Å². The number of hydrogen-bond donors (Lipinski definition) is 2. The van der Waals surface area contributed by atoms with E-state index in [9.17, 15) is 0 Å². The Morgan fingerprint density at radius 2 is 2.24 bits per heavy atom. The van der Waals surface area contributed by atoms with Gasteiger partial charge in [-0.15, -0.1) is 11.3 Å². The van der Waals surface area contributed by atoms with E-state index in [2.05, 4.69) is 10.8 Å². The van der Waals surface area contributed by atoms with E-state index in [0.29, 0.717) is 5.92 Å². The predicted octanol–water partition coefficient (Wildman–Crippen LogP) is 3.39. The molecule has 0 aromatic carbocycles.